The minimum Gasteiger partial charge on any atom is -0.353 e. The predicted octanol–water partition coefficient (Wildman–Crippen LogP) is 4.08. The highest BCUT2D eigenvalue weighted by molar-refractivity contribution is 9.10. The van der Waals surface area contributed by atoms with Crippen LogP contribution >= 0.6 is 39.1 Å². The maximum absolute atomic E-state index is 12.1. The van der Waals surface area contributed by atoms with Crippen molar-refractivity contribution in [2.24, 2.45) is 5.41 Å². The number of carbonyl (C=O) groups is 1. The number of carbonyl (C=O) groups excluding carboxylic acids is 1. The molecule has 1 aromatic rings. The van der Waals surface area contributed by atoms with Crippen LogP contribution in [0.1, 0.15) is 25.8 Å². The fourth-order valence-corrected chi connectivity index (χ4v) is 3.02. The van der Waals surface area contributed by atoms with E-state index in [0.717, 1.165) is 10.9 Å². The third-order valence-corrected chi connectivity index (χ3v) is 5.22. The molecule has 2 rings (SSSR count). The Balaban J connectivity index is 1.90. The number of hydrogen-bond donors (Lipinski definition) is 1. The van der Waals surface area contributed by atoms with Crippen LogP contribution in [0.15, 0.2) is 28.7 Å². The molecule has 1 aromatic carbocycles. The molecule has 2 nitrogen and oxygen atoms in total. The summed E-state index contributed by atoms with van der Waals surface area (Å²) in [5, 5.41) is 2.98. The number of rotatable bonds is 4. The zero-order valence-electron chi connectivity index (χ0n) is 10.8. The molecule has 2 atom stereocenters. The monoisotopic (exact) mass is 363 g/mol. The maximum atomic E-state index is 12.1. The van der Waals surface area contributed by atoms with E-state index in [4.69, 9.17) is 23.2 Å². The standard InChI is InChI=1S/C14H16BrCl2NO/c1-9(7-10-3-5-11(15)6-4-10)18-12(19)13(2)8-14(13,16)17/h3-6,9H,7-8H2,1-2H3,(H,18,19)/t9-,13-/m0/s1. The molecule has 0 aliphatic heterocycles. The second kappa shape index (κ2) is 5.27. The van der Waals surface area contributed by atoms with E-state index in [2.05, 4.69) is 21.2 Å². The molecule has 19 heavy (non-hydrogen) atoms. The quantitative estimate of drug-likeness (QED) is 0.801. The Hall–Kier alpha value is -0.250. The highest BCUT2D eigenvalue weighted by atomic mass is 79.9. The molecule has 1 N–H and O–H groups in total. The van der Waals surface area contributed by atoms with Gasteiger partial charge in [-0.25, -0.2) is 0 Å². The van der Waals surface area contributed by atoms with E-state index in [1.807, 2.05) is 31.2 Å². The molecule has 5 heteroatoms. The molecule has 0 radical (unpaired) electrons. The van der Waals surface area contributed by atoms with Crippen LogP contribution in [0.5, 0.6) is 0 Å². The molecule has 0 heterocycles. The van der Waals surface area contributed by atoms with Crippen LogP contribution in [0.4, 0.5) is 0 Å². The molecule has 104 valence electrons. The summed E-state index contributed by atoms with van der Waals surface area (Å²) in [5.74, 6) is -0.0675. The Bertz CT molecular complexity index is 489. The molecular formula is C14H16BrCl2NO. The van der Waals surface area contributed by atoms with E-state index in [9.17, 15) is 4.79 Å². The number of nitrogens with one attached hydrogen (secondary N) is 1. The van der Waals surface area contributed by atoms with E-state index in [-0.39, 0.29) is 11.9 Å². The fraction of sp³-hybridized carbons (Fsp3) is 0.500. The van der Waals surface area contributed by atoms with Crippen LogP contribution in [-0.4, -0.2) is 16.3 Å². The van der Waals surface area contributed by atoms with Crippen LogP contribution in [-0.2, 0) is 11.2 Å². The summed E-state index contributed by atoms with van der Waals surface area (Å²) in [6.07, 6.45) is 1.30. The van der Waals surface area contributed by atoms with Crippen molar-refractivity contribution in [1.82, 2.24) is 5.32 Å². The Morgan fingerprint density at radius 2 is 1.95 bits per heavy atom. The summed E-state index contributed by atoms with van der Waals surface area (Å²) in [4.78, 5) is 12.1. The SMILES string of the molecule is C[C@@H](Cc1ccc(Br)cc1)NC(=O)[C@]1(C)CC1(Cl)Cl. The second-order valence-corrected chi connectivity index (χ2v) is 7.82. The molecular weight excluding hydrogens is 349 g/mol. The topological polar surface area (TPSA) is 29.1 Å². The van der Waals surface area contributed by atoms with Crippen molar-refractivity contribution in [2.75, 3.05) is 0 Å². The number of benzene rings is 1. The first-order valence-electron chi connectivity index (χ1n) is 6.18. The summed E-state index contributed by atoms with van der Waals surface area (Å²) in [5.41, 5.74) is 0.532. The zero-order valence-corrected chi connectivity index (χ0v) is 13.9. The minimum atomic E-state index is -0.908. The lowest BCUT2D eigenvalue weighted by Crippen LogP contribution is -2.40. The van der Waals surface area contributed by atoms with E-state index in [1.165, 1.54) is 5.56 Å². The van der Waals surface area contributed by atoms with Crippen molar-refractivity contribution in [3.05, 3.63) is 34.3 Å². The normalized spacial score (nSPS) is 25.7. The van der Waals surface area contributed by atoms with E-state index >= 15 is 0 Å². The summed E-state index contributed by atoms with van der Waals surface area (Å²) >= 11 is 15.4. The van der Waals surface area contributed by atoms with Crippen LogP contribution in [0, 0.1) is 5.41 Å². The Morgan fingerprint density at radius 1 is 1.42 bits per heavy atom. The summed E-state index contributed by atoms with van der Waals surface area (Å²) in [7, 11) is 0. The van der Waals surface area contributed by atoms with Gasteiger partial charge in [0.2, 0.25) is 5.91 Å². The summed E-state index contributed by atoms with van der Waals surface area (Å²) in [6.45, 7) is 3.78. The van der Waals surface area contributed by atoms with E-state index in [1.54, 1.807) is 6.92 Å². The molecule has 1 amide bonds. The average Bonchev–Trinajstić information content (AvgIpc) is 2.83. The van der Waals surface area contributed by atoms with Crippen molar-refractivity contribution in [3.8, 4) is 0 Å². The van der Waals surface area contributed by atoms with E-state index in [0.29, 0.717) is 6.42 Å². The molecule has 0 aromatic heterocycles. The van der Waals surface area contributed by atoms with Gasteiger partial charge in [0.25, 0.3) is 0 Å². The van der Waals surface area contributed by atoms with Gasteiger partial charge in [-0.3, -0.25) is 4.79 Å². The largest absolute Gasteiger partial charge is 0.353 e. The first kappa shape index (κ1) is 15.1. The van der Waals surface area contributed by atoms with Crippen molar-refractivity contribution in [1.29, 1.82) is 0 Å². The van der Waals surface area contributed by atoms with Crippen molar-refractivity contribution < 1.29 is 4.79 Å². The van der Waals surface area contributed by atoms with Gasteiger partial charge in [-0.2, -0.15) is 0 Å². The molecule has 0 bridgehead atoms. The molecule has 0 spiro atoms. The minimum absolute atomic E-state index is 0.0511. The lowest BCUT2D eigenvalue weighted by atomic mass is 10.0. The lowest BCUT2D eigenvalue weighted by Gasteiger charge is -2.18. The fourth-order valence-electron chi connectivity index (χ4n) is 2.05. The Morgan fingerprint density at radius 3 is 2.42 bits per heavy atom. The smallest absolute Gasteiger partial charge is 0.229 e. The Kier molecular flexibility index (Phi) is 4.20. The Labute approximate surface area is 132 Å². The number of amides is 1. The van der Waals surface area contributed by atoms with Gasteiger partial charge in [-0.05, 0) is 44.4 Å². The first-order chi connectivity index (χ1) is 8.74. The van der Waals surface area contributed by atoms with E-state index < -0.39 is 9.75 Å². The molecule has 1 aliphatic rings. The number of hydrogen-bond acceptors (Lipinski definition) is 1. The van der Waals surface area contributed by atoms with Crippen LogP contribution in [0.2, 0.25) is 0 Å². The number of halogens is 3. The average molecular weight is 365 g/mol. The van der Waals surface area contributed by atoms with Crippen LogP contribution < -0.4 is 5.32 Å². The highest BCUT2D eigenvalue weighted by Crippen LogP contribution is 2.63. The van der Waals surface area contributed by atoms with Gasteiger partial charge in [0.15, 0.2) is 0 Å². The lowest BCUT2D eigenvalue weighted by molar-refractivity contribution is -0.126. The molecule has 1 saturated carbocycles. The van der Waals surface area contributed by atoms with Crippen molar-refractivity contribution in [3.63, 3.8) is 0 Å². The molecule has 0 saturated heterocycles. The highest BCUT2D eigenvalue weighted by Gasteiger charge is 2.67. The third-order valence-electron chi connectivity index (χ3n) is 3.59. The first-order valence-corrected chi connectivity index (χ1v) is 7.73. The third kappa shape index (κ3) is 3.26. The van der Waals surface area contributed by atoms with Gasteiger partial charge in [-0.15, -0.1) is 23.2 Å². The van der Waals surface area contributed by atoms with Crippen molar-refractivity contribution >= 4 is 45.0 Å². The summed E-state index contributed by atoms with van der Waals surface area (Å²) in [6, 6.07) is 8.12. The maximum Gasteiger partial charge on any atom is 0.229 e. The van der Waals surface area contributed by atoms with Gasteiger partial charge >= 0.3 is 0 Å². The molecule has 1 fully saturated rings. The van der Waals surface area contributed by atoms with Gasteiger partial charge in [0.1, 0.15) is 4.33 Å². The second-order valence-electron chi connectivity index (χ2n) is 5.42. The molecule has 0 unspecified atom stereocenters. The number of alkyl halides is 2. The van der Waals surface area contributed by atoms with Gasteiger partial charge in [0, 0.05) is 10.5 Å². The predicted molar refractivity (Wildman–Crippen MR) is 82.6 cm³/mol. The van der Waals surface area contributed by atoms with Gasteiger partial charge in [0.05, 0.1) is 5.41 Å². The summed E-state index contributed by atoms with van der Waals surface area (Å²) < 4.78 is 0.140. The van der Waals surface area contributed by atoms with Crippen LogP contribution in [0.25, 0.3) is 0 Å². The molecule has 1 aliphatic carbocycles. The van der Waals surface area contributed by atoms with Gasteiger partial charge < -0.3 is 5.32 Å². The van der Waals surface area contributed by atoms with Crippen LogP contribution in [0.3, 0.4) is 0 Å². The van der Waals surface area contributed by atoms with Gasteiger partial charge in [-0.1, -0.05) is 28.1 Å². The zero-order chi connectivity index (χ0) is 14.3. The van der Waals surface area contributed by atoms with Crippen molar-refractivity contribution in [2.45, 2.75) is 37.1 Å².